The highest BCUT2D eigenvalue weighted by molar-refractivity contribution is 7.47. The van der Waals surface area contributed by atoms with E-state index in [-0.39, 0.29) is 48.1 Å². The number of amides is 1. The number of ether oxygens (including phenoxy) is 2. The summed E-state index contributed by atoms with van der Waals surface area (Å²) in [6, 6.07) is 7.89. The Morgan fingerprint density at radius 1 is 1.02 bits per heavy atom. The molecule has 17 nitrogen and oxygen atoms in total. The van der Waals surface area contributed by atoms with E-state index in [0.29, 0.717) is 11.9 Å². The molecule has 1 amide bonds. The van der Waals surface area contributed by atoms with Crippen molar-refractivity contribution in [3.63, 3.8) is 0 Å². The van der Waals surface area contributed by atoms with Crippen molar-refractivity contribution >= 4 is 31.0 Å². The maximum absolute atomic E-state index is 14.1. The largest absolute Gasteiger partial charge is 0.478 e. The predicted octanol–water partition coefficient (Wildman–Crippen LogP) is 6.08. The van der Waals surface area contributed by atoms with Crippen LogP contribution in [0.3, 0.4) is 0 Å². The molecular formula is C41H60FN6O11P. The van der Waals surface area contributed by atoms with Gasteiger partial charge in [-0.25, -0.2) is 23.2 Å². The lowest BCUT2D eigenvalue weighted by Gasteiger charge is -2.24. The number of phosphoric acid groups is 1. The van der Waals surface area contributed by atoms with Crippen LogP contribution >= 0.6 is 7.82 Å². The number of phosphoric ester groups is 1. The molecule has 0 radical (unpaired) electrons. The fourth-order valence-corrected chi connectivity index (χ4v) is 7.91. The predicted molar refractivity (Wildman–Crippen MR) is 218 cm³/mol. The molecule has 1 aliphatic heterocycles. The van der Waals surface area contributed by atoms with Crippen molar-refractivity contribution in [2.45, 2.75) is 146 Å². The van der Waals surface area contributed by atoms with Crippen molar-refractivity contribution in [3.8, 4) is 6.07 Å². The van der Waals surface area contributed by atoms with Crippen LogP contribution < -0.4 is 11.1 Å². The molecule has 1 aromatic carbocycles. The number of carbonyl (C=O) groups excluding carboxylic acids is 1. The van der Waals surface area contributed by atoms with E-state index in [4.69, 9.17) is 24.3 Å². The van der Waals surface area contributed by atoms with Gasteiger partial charge in [-0.3, -0.25) is 13.8 Å². The number of unbranched alkanes of at least 4 members (excludes halogenated alkanes) is 14. The highest BCUT2D eigenvalue weighted by atomic mass is 31.2. The lowest BCUT2D eigenvalue weighted by atomic mass is 9.92. The van der Waals surface area contributed by atoms with Crippen LogP contribution in [0.25, 0.3) is 5.52 Å². The summed E-state index contributed by atoms with van der Waals surface area (Å²) in [6.07, 6.45) is 13.1. The number of nitrogens with two attached hydrogens (primary N) is 1. The van der Waals surface area contributed by atoms with Crippen molar-refractivity contribution in [3.05, 3.63) is 59.3 Å². The van der Waals surface area contributed by atoms with Crippen LogP contribution in [0.5, 0.6) is 0 Å². The van der Waals surface area contributed by atoms with Crippen LogP contribution in [0.4, 0.5) is 10.2 Å². The third-order valence-corrected chi connectivity index (χ3v) is 11.5. The molecule has 6 atom stereocenters. The number of aromatic nitrogens is 3. The van der Waals surface area contributed by atoms with Crippen molar-refractivity contribution in [1.29, 1.82) is 5.26 Å². The molecule has 0 saturated carbocycles. The zero-order valence-electron chi connectivity index (χ0n) is 34.3. The average molecular weight is 863 g/mol. The van der Waals surface area contributed by atoms with Crippen LogP contribution in [-0.2, 0) is 40.1 Å². The number of halogens is 1. The SMILES string of the molecule is CCCCCCCCCCCCCCCCCC(=O)NC[C@H](COP(=O)(O)OC[C@H]1O[C@@](C#N)(c2ccc3c(N)ncnn23)[C@H](O)[C@@H]1O)OCc1cc(F)cc(C(=O)O)c1. The van der Waals surface area contributed by atoms with Gasteiger partial charge < -0.3 is 40.7 Å². The number of nitriles is 1. The smallest absolute Gasteiger partial charge is 0.472 e. The van der Waals surface area contributed by atoms with E-state index >= 15 is 0 Å². The number of aromatic carboxylic acids is 1. The lowest BCUT2D eigenvalue weighted by Crippen LogP contribution is -2.41. The topological polar surface area (TPSA) is 261 Å². The first-order chi connectivity index (χ1) is 28.8. The molecule has 3 aromatic rings. The van der Waals surface area contributed by atoms with Gasteiger partial charge in [-0.05, 0) is 42.3 Å². The molecule has 7 N–H and O–H groups in total. The fraction of sp³-hybridized carbons (Fsp3) is 0.634. The Balaban J connectivity index is 1.24. The molecule has 1 unspecified atom stereocenters. The number of carboxylic acids is 1. The van der Waals surface area contributed by atoms with E-state index in [1.54, 1.807) is 0 Å². The minimum atomic E-state index is -4.95. The van der Waals surface area contributed by atoms with E-state index in [2.05, 4.69) is 22.3 Å². The summed E-state index contributed by atoms with van der Waals surface area (Å²) in [4.78, 5) is 38.6. The molecule has 0 aliphatic carbocycles. The second-order valence-electron chi connectivity index (χ2n) is 15.3. The summed E-state index contributed by atoms with van der Waals surface area (Å²) >= 11 is 0. The first-order valence-electron chi connectivity index (χ1n) is 20.9. The van der Waals surface area contributed by atoms with Gasteiger partial charge in [0.15, 0.2) is 5.82 Å². The molecule has 1 saturated heterocycles. The van der Waals surface area contributed by atoms with E-state index in [1.165, 1.54) is 93.3 Å². The van der Waals surface area contributed by atoms with E-state index in [0.717, 1.165) is 37.7 Å². The lowest BCUT2D eigenvalue weighted by molar-refractivity contribution is -0.122. The number of fused-ring (bicyclic) bond motifs is 1. The van der Waals surface area contributed by atoms with Crippen molar-refractivity contribution in [1.82, 2.24) is 19.9 Å². The summed E-state index contributed by atoms with van der Waals surface area (Å²) < 4.78 is 50.2. The van der Waals surface area contributed by atoms with Crippen LogP contribution in [0.1, 0.15) is 131 Å². The zero-order chi connectivity index (χ0) is 43.5. The molecule has 4 rings (SSSR count). The number of aliphatic hydroxyl groups is 2. The van der Waals surface area contributed by atoms with Gasteiger partial charge in [0.2, 0.25) is 11.5 Å². The average Bonchev–Trinajstić information content (AvgIpc) is 3.77. The Bertz CT molecular complexity index is 1910. The van der Waals surface area contributed by atoms with Crippen LogP contribution in [0.15, 0.2) is 36.7 Å². The van der Waals surface area contributed by atoms with Gasteiger partial charge in [-0.15, -0.1) is 0 Å². The normalized spacial score (nSPS) is 20.5. The standard InChI is InChI=1S/C41H60FN6O11P/c1-2-3-4-5-6-7-8-9-10-11-12-13-14-15-16-17-36(49)45-23-32(56-24-29-20-30(40(52)53)22-31(42)21-29)25-57-60(54,55)58-26-34-37(50)38(51)41(27-43,59-34)35-19-18-33-39(44)46-28-47-48(33)35/h18-22,28,32,34,37-38,50-51H,2-17,23-26H2,1H3,(H,45,49)(H,52,53)(H,54,55)(H2,44,46,47)/t32-,34-,37-,38-,41+/m1/s1. The van der Waals surface area contributed by atoms with E-state index in [1.807, 2.05) is 6.07 Å². The number of nitrogen functional groups attached to an aromatic ring is 1. The van der Waals surface area contributed by atoms with Crippen LogP contribution in [0.2, 0.25) is 0 Å². The maximum atomic E-state index is 14.1. The number of hydrogen-bond acceptors (Lipinski definition) is 13. The molecular weight excluding hydrogens is 802 g/mol. The minimum Gasteiger partial charge on any atom is -0.478 e. The highest BCUT2D eigenvalue weighted by Crippen LogP contribution is 2.46. The molecule has 1 aliphatic rings. The Morgan fingerprint density at radius 3 is 2.27 bits per heavy atom. The minimum absolute atomic E-state index is 0.0157. The molecule has 332 valence electrons. The van der Waals surface area contributed by atoms with Gasteiger partial charge in [0.25, 0.3) is 0 Å². The Morgan fingerprint density at radius 2 is 1.65 bits per heavy atom. The van der Waals surface area contributed by atoms with Gasteiger partial charge in [0.1, 0.15) is 42.0 Å². The number of carbonyl (C=O) groups is 2. The first-order valence-corrected chi connectivity index (χ1v) is 22.4. The van der Waals surface area contributed by atoms with Gasteiger partial charge in [-0.2, -0.15) is 10.4 Å². The number of rotatable bonds is 29. The summed E-state index contributed by atoms with van der Waals surface area (Å²) in [5.74, 6) is -2.36. The van der Waals surface area contributed by atoms with Gasteiger partial charge >= 0.3 is 13.8 Å². The Kier molecular flexibility index (Phi) is 19.8. The van der Waals surface area contributed by atoms with E-state index in [9.17, 15) is 44.0 Å². The molecule has 60 heavy (non-hydrogen) atoms. The van der Waals surface area contributed by atoms with Crippen LogP contribution in [0, 0.1) is 17.1 Å². The third kappa shape index (κ3) is 14.6. The number of hydrogen-bond donors (Lipinski definition) is 6. The summed E-state index contributed by atoms with van der Waals surface area (Å²) in [7, 11) is -4.95. The maximum Gasteiger partial charge on any atom is 0.472 e. The molecule has 1 fully saturated rings. The van der Waals surface area contributed by atoms with Crippen molar-refractivity contribution in [2.24, 2.45) is 0 Å². The quantitative estimate of drug-likeness (QED) is 0.0341. The summed E-state index contributed by atoms with van der Waals surface area (Å²) in [5, 5.41) is 48.0. The monoisotopic (exact) mass is 862 g/mol. The molecule has 19 heteroatoms. The van der Waals surface area contributed by atoms with Gasteiger partial charge in [0.05, 0.1) is 37.2 Å². The molecule has 3 heterocycles. The highest BCUT2D eigenvalue weighted by Gasteiger charge is 2.58. The number of carboxylic acid groups (broad SMARTS) is 1. The van der Waals surface area contributed by atoms with Gasteiger partial charge in [-0.1, -0.05) is 96.8 Å². The second-order valence-corrected chi connectivity index (χ2v) is 16.7. The second kappa shape index (κ2) is 24.4. The molecule has 2 aromatic heterocycles. The van der Waals surface area contributed by atoms with Crippen LogP contribution in [-0.4, -0.2) is 90.9 Å². The zero-order valence-corrected chi connectivity index (χ0v) is 35.1. The number of aliphatic hydroxyl groups excluding tert-OH is 2. The first kappa shape index (κ1) is 48.6. The number of anilines is 1. The number of nitrogens with one attached hydrogen (secondary N) is 1. The number of nitrogens with zero attached hydrogens (tertiary/aromatic N) is 4. The van der Waals surface area contributed by atoms with Crippen molar-refractivity contribution in [2.75, 3.05) is 25.5 Å². The Hall–Kier alpha value is -4.05. The van der Waals surface area contributed by atoms with Gasteiger partial charge in [0, 0.05) is 13.0 Å². The summed E-state index contributed by atoms with van der Waals surface area (Å²) in [5.41, 5.74) is 3.88. The fourth-order valence-electron chi connectivity index (χ4n) is 7.14. The summed E-state index contributed by atoms with van der Waals surface area (Å²) in [6.45, 7) is 0.288. The molecule has 0 bridgehead atoms. The van der Waals surface area contributed by atoms with E-state index < -0.39 is 62.8 Å². The molecule has 0 spiro atoms. The third-order valence-electron chi connectivity index (χ3n) is 10.5. The van der Waals surface area contributed by atoms with Crippen molar-refractivity contribution < 1.29 is 57.3 Å². The number of benzene rings is 1. The Labute approximate surface area is 350 Å².